The van der Waals surface area contributed by atoms with Gasteiger partial charge in [0.25, 0.3) is 21.6 Å². The van der Waals surface area contributed by atoms with Crippen molar-refractivity contribution in [3.05, 3.63) is 111 Å². The highest BCUT2D eigenvalue weighted by atomic mass is 35.5. The van der Waals surface area contributed by atoms with E-state index in [9.17, 15) is 31.7 Å². The second kappa shape index (κ2) is 19.2. The first kappa shape index (κ1) is 45.7. The van der Waals surface area contributed by atoms with Gasteiger partial charge in [-0.1, -0.05) is 43.2 Å². The molecule has 3 N–H and O–H groups in total. The van der Waals surface area contributed by atoms with Crippen LogP contribution >= 0.6 is 11.6 Å². The molecule has 0 bridgehead atoms. The SMILES string of the molecule is CC1(C)CCC(CN2CCN(c3ccc(C(=O)NS(=O)(=O)c4ccc(NCC5CCCCO5)c([N+](=O)[O-])c4)c(Oc4ccc(NS(C)(=O)=O)nc4)c3)CC2)=C(c2ccc(Cl)cc2)C1. The lowest BCUT2D eigenvalue weighted by atomic mass is 9.72. The number of anilines is 3. The predicted octanol–water partition coefficient (Wildman–Crippen LogP) is 7.69. The van der Waals surface area contributed by atoms with Gasteiger partial charge in [0.2, 0.25) is 10.0 Å². The van der Waals surface area contributed by atoms with Crippen LogP contribution in [0.5, 0.6) is 11.5 Å². The Morgan fingerprint density at radius 1 is 1.00 bits per heavy atom. The van der Waals surface area contributed by atoms with Gasteiger partial charge in [0, 0.05) is 68.7 Å². The second-order valence-corrected chi connectivity index (χ2v) is 20.8. The zero-order chi connectivity index (χ0) is 44.9. The van der Waals surface area contributed by atoms with Gasteiger partial charge in [-0.25, -0.2) is 26.5 Å². The Labute approximate surface area is 373 Å². The Bertz CT molecular complexity index is 2580. The topological polar surface area (TPSA) is 202 Å². The molecule has 1 aromatic heterocycles. The second-order valence-electron chi connectivity index (χ2n) is 17.0. The van der Waals surface area contributed by atoms with E-state index in [0.29, 0.717) is 31.3 Å². The van der Waals surface area contributed by atoms with E-state index in [2.05, 4.69) is 55.5 Å². The summed E-state index contributed by atoms with van der Waals surface area (Å²) in [5.41, 5.74) is 4.45. The number of hydrogen-bond donors (Lipinski definition) is 3. The van der Waals surface area contributed by atoms with Gasteiger partial charge < -0.3 is 19.7 Å². The van der Waals surface area contributed by atoms with Gasteiger partial charge >= 0.3 is 0 Å². The fraction of sp³-hybridized carbons (Fsp3) is 0.409. The summed E-state index contributed by atoms with van der Waals surface area (Å²) in [7, 11) is -8.23. The van der Waals surface area contributed by atoms with E-state index in [1.54, 1.807) is 12.1 Å². The summed E-state index contributed by atoms with van der Waals surface area (Å²) in [6.45, 7) is 9.26. The van der Waals surface area contributed by atoms with Crippen LogP contribution in [0.25, 0.3) is 5.57 Å². The maximum absolute atomic E-state index is 13.9. The average molecular weight is 923 g/mol. The van der Waals surface area contributed by atoms with Crippen molar-refractivity contribution in [2.24, 2.45) is 5.41 Å². The number of rotatable bonds is 15. The smallest absolute Gasteiger partial charge is 0.293 e. The lowest BCUT2D eigenvalue weighted by Crippen LogP contribution is -2.47. The lowest BCUT2D eigenvalue weighted by Gasteiger charge is -2.39. The molecule has 3 aromatic carbocycles. The number of nitro benzene ring substituents is 1. The average Bonchev–Trinajstić information content (AvgIpc) is 3.24. The van der Waals surface area contributed by atoms with Crippen LogP contribution in [0.3, 0.4) is 0 Å². The summed E-state index contributed by atoms with van der Waals surface area (Å²) in [5, 5.41) is 15.8. The molecule has 336 valence electrons. The highest BCUT2D eigenvalue weighted by Gasteiger charge is 2.31. The van der Waals surface area contributed by atoms with Crippen LogP contribution in [0, 0.1) is 15.5 Å². The summed E-state index contributed by atoms with van der Waals surface area (Å²) in [5.74, 6) is -0.840. The Balaban J connectivity index is 1.10. The Kier molecular flexibility index (Phi) is 14.0. The maximum Gasteiger partial charge on any atom is 0.293 e. The number of nitrogens with zero attached hydrogens (tertiary/aromatic N) is 4. The largest absolute Gasteiger partial charge is 0.455 e. The van der Waals surface area contributed by atoms with E-state index in [0.717, 1.165) is 76.2 Å². The molecular weight excluding hydrogens is 870 g/mol. The first-order chi connectivity index (χ1) is 29.9. The van der Waals surface area contributed by atoms with Crippen molar-refractivity contribution >= 4 is 66.0 Å². The first-order valence-electron chi connectivity index (χ1n) is 20.8. The molecule has 0 radical (unpaired) electrons. The molecular formula is C44H52ClN7O9S2. The molecule has 3 aliphatic rings. The number of piperazine rings is 1. The normalized spacial score (nSPS) is 18.4. The standard InChI is InChI=1S/C44H52ClN7O9S2/c1-44(2)18-17-31(38(26-44)30-7-9-32(45)10-8-30)29-50-19-21-51(22-20-50)33-11-14-37(41(24-33)61-35-12-16-42(47-28-35)48-62(3,56)57)43(53)49-63(58,59)36-13-15-39(40(25-36)52(54)55)46-27-34-6-4-5-23-60-34/h7-16,24-25,28,34,46H,4-6,17-23,26-27,29H2,1-3H3,(H,47,48)(H,49,53). The van der Waals surface area contributed by atoms with Crippen molar-refractivity contribution in [3.8, 4) is 11.5 Å². The van der Waals surface area contributed by atoms with Crippen LogP contribution < -0.4 is 24.4 Å². The van der Waals surface area contributed by atoms with Crippen LogP contribution in [0.1, 0.15) is 68.3 Å². The highest BCUT2D eigenvalue weighted by molar-refractivity contribution is 7.92. The van der Waals surface area contributed by atoms with Crippen LogP contribution in [-0.4, -0.2) is 95.8 Å². The van der Waals surface area contributed by atoms with Gasteiger partial charge in [-0.3, -0.25) is 24.5 Å². The fourth-order valence-electron chi connectivity index (χ4n) is 8.10. The van der Waals surface area contributed by atoms with Crippen molar-refractivity contribution in [1.82, 2.24) is 14.6 Å². The predicted molar refractivity (Wildman–Crippen MR) is 244 cm³/mol. The molecule has 2 saturated heterocycles. The summed E-state index contributed by atoms with van der Waals surface area (Å²) < 4.78 is 67.0. The zero-order valence-corrected chi connectivity index (χ0v) is 37.8. The summed E-state index contributed by atoms with van der Waals surface area (Å²) >= 11 is 6.23. The molecule has 2 fully saturated rings. The number of nitro groups is 1. The van der Waals surface area contributed by atoms with Crippen LogP contribution in [0.15, 0.2) is 89.5 Å². The molecule has 1 atom stereocenters. The number of amides is 1. The van der Waals surface area contributed by atoms with Gasteiger partial charge in [-0.05, 0) is 104 Å². The van der Waals surface area contributed by atoms with Crippen LogP contribution in [-0.2, 0) is 24.8 Å². The van der Waals surface area contributed by atoms with E-state index in [-0.39, 0.29) is 40.1 Å². The van der Waals surface area contributed by atoms with Gasteiger partial charge in [0.05, 0.1) is 33.9 Å². The number of allylic oxidation sites excluding steroid dienone is 1. The zero-order valence-electron chi connectivity index (χ0n) is 35.4. The highest BCUT2D eigenvalue weighted by Crippen LogP contribution is 2.43. The number of pyridine rings is 1. The fourth-order valence-corrected chi connectivity index (χ4v) is 9.72. The number of ether oxygens (including phenoxy) is 2. The quantitative estimate of drug-likeness (QED) is 0.0774. The minimum Gasteiger partial charge on any atom is -0.455 e. The van der Waals surface area contributed by atoms with Crippen molar-refractivity contribution in [2.45, 2.75) is 63.4 Å². The van der Waals surface area contributed by atoms with E-state index in [4.69, 9.17) is 21.1 Å². The Hall–Kier alpha value is -5.27. The minimum absolute atomic E-state index is 0.00583. The van der Waals surface area contributed by atoms with Crippen molar-refractivity contribution in [1.29, 1.82) is 0 Å². The van der Waals surface area contributed by atoms with Crippen LogP contribution in [0.4, 0.5) is 22.9 Å². The molecule has 2 aliphatic heterocycles. The van der Waals surface area contributed by atoms with Crippen molar-refractivity contribution in [3.63, 3.8) is 0 Å². The van der Waals surface area contributed by atoms with Gasteiger partial charge in [0.1, 0.15) is 23.0 Å². The van der Waals surface area contributed by atoms with E-state index in [1.807, 2.05) is 12.1 Å². The summed E-state index contributed by atoms with van der Waals surface area (Å²) in [6.07, 6.45) is 7.98. The molecule has 7 rings (SSSR count). The van der Waals surface area contributed by atoms with E-state index >= 15 is 0 Å². The van der Waals surface area contributed by atoms with Gasteiger partial charge in [-0.15, -0.1) is 0 Å². The monoisotopic (exact) mass is 921 g/mol. The van der Waals surface area contributed by atoms with Gasteiger partial charge in [0.15, 0.2) is 0 Å². The van der Waals surface area contributed by atoms with E-state index in [1.165, 1.54) is 53.2 Å². The number of halogens is 1. The Morgan fingerprint density at radius 3 is 2.43 bits per heavy atom. The Morgan fingerprint density at radius 2 is 1.76 bits per heavy atom. The number of sulfonamides is 2. The third kappa shape index (κ3) is 12.1. The first-order valence-corrected chi connectivity index (χ1v) is 24.6. The molecule has 1 amide bonds. The van der Waals surface area contributed by atoms with Gasteiger partial charge in [-0.2, -0.15) is 0 Å². The third-order valence-electron chi connectivity index (χ3n) is 11.5. The molecule has 63 heavy (non-hydrogen) atoms. The molecule has 0 spiro atoms. The molecule has 3 heterocycles. The maximum atomic E-state index is 13.9. The molecule has 1 unspecified atom stereocenters. The minimum atomic E-state index is -4.62. The number of carbonyl (C=O) groups excluding carboxylic acids is 1. The summed E-state index contributed by atoms with van der Waals surface area (Å²) in [6, 6.07) is 19.1. The summed E-state index contributed by atoms with van der Waals surface area (Å²) in [4.78, 5) is 33.5. The molecule has 0 saturated carbocycles. The molecule has 4 aromatic rings. The molecule has 19 heteroatoms. The third-order valence-corrected chi connectivity index (χ3v) is 13.7. The molecule has 16 nitrogen and oxygen atoms in total. The number of hydrogen-bond acceptors (Lipinski definition) is 13. The van der Waals surface area contributed by atoms with Crippen LogP contribution in [0.2, 0.25) is 5.02 Å². The van der Waals surface area contributed by atoms with Crippen molar-refractivity contribution in [2.75, 3.05) is 67.1 Å². The number of nitrogens with one attached hydrogen (secondary N) is 3. The van der Waals surface area contributed by atoms with E-state index < -0.39 is 41.5 Å². The number of carbonyl (C=O) groups is 1. The molecule has 1 aliphatic carbocycles. The lowest BCUT2D eigenvalue weighted by molar-refractivity contribution is -0.384. The van der Waals surface area contributed by atoms with Crippen molar-refractivity contribution < 1.29 is 36.0 Å². The number of aromatic nitrogens is 1. The number of benzene rings is 3.